The molecule has 1 aliphatic heterocycles. The average molecular weight is 592 g/mol. The van der Waals surface area contributed by atoms with Crippen molar-refractivity contribution in [3.8, 4) is 5.75 Å². The molecule has 1 fully saturated rings. The fourth-order valence-corrected chi connectivity index (χ4v) is 4.89. The van der Waals surface area contributed by atoms with Gasteiger partial charge in [0.05, 0.1) is 6.20 Å². The number of nitrogens with two attached hydrogens (primary N) is 1. The average Bonchev–Trinajstić information content (AvgIpc) is 2.92. The van der Waals surface area contributed by atoms with Gasteiger partial charge in [-0.05, 0) is 59.3 Å². The minimum Gasteiger partial charge on any atom is -0.477 e. The van der Waals surface area contributed by atoms with Gasteiger partial charge in [0.1, 0.15) is 23.3 Å². The van der Waals surface area contributed by atoms with Gasteiger partial charge in [-0.25, -0.2) is 14.1 Å². The fourth-order valence-electron chi connectivity index (χ4n) is 3.90. The molecule has 0 aromatic heterocycles. The van der Waals surface area contributed by atoms with Gasteiger partial charge in [-0.2, -0.15) is 0 Å². The van der Waals surface area contributed by atoms with Gasteiger partial charge in [0, 0.05) is 31.1 Å². The summed E-state index contributed by atoms with van der Waals surface area (Å²) in [5.74, 6) is -1.32. The van der Waals surface area contributed by atoms with Crippen molar-refractivity contribution in [1.29, 1.82) is 0 Å². The number of hydrogen-bond acceptors (Lipinski definition) is 8. The molecular formula is C28H32F3N5O4S. The van der Waals surface area contributed by atoms with Gasteiger partial charge in [0.25, 0.3) is 0 Å². The molecular weight excluding hydrogens is 559 g/mol. The number of rotatable bonds is 11. The first-order valence-corrected chi connectivity index (χ1v) is 13.4. The minimum atomic E-state index is -4.79. The molecule has 1 heterocycles. The van der Waals surface area contributed by atoms with E-state index in [4.69, 9.17) is 10.8 Å². The number of carboxylic acid groups (broad SMARTS) is 1. The molecule has 1 saturated heterocycles. The van der Waals surface area contributed by atoms with Crippen LogP contribution in [0.25, 0.3) is 0 Å². The minimum absolute atomic E-state index is 0.161. The molecule has 220 valence electrons. The van der Waals surface area contributed by atoms with Crippen molar-refractivity contribution in [1.82, 2.24) is 14.5 Å². The Kier molecular flexibility index (Phi) is 10.8. The van der Waals surface area contributed by atoms with Crippen molar-refractivity contribution < 1.29 is 32.6 Å². The largest absolute Gasteiger partial charge is 0.573 e. The summed E-state index contributed by atoms with van der Waals surface area (Å²) in [5.41, 5.74) is 8.00. The number of carbonyl (C=O) groups is 2. The normalized spacial score (nSPS) is 16.9. The Morgan fingerprint density at radius 2 is 1.85 bits per heavy atom. The van der Waals surface area contributed by atoms with Crippen LogP contribution in [0.15, 0.2) is 83.1 Å². The Morgan fingerprint density at radius 1 is 1.20 bits per heavy atom. The summed E-state index contributed by atoms with van der Waals surface area (Å²) in [6.07, 6.45) is -2.49. The van der Waals surface area contributed by atoms with E-state index in [-0.39, 0.29) is 29.7 Å². The van der Waals surface area contributed by atoms with E-state index in [1.165, 1.54) is 48.0 Å². The number of alkyl halides is 3. The maximum absolute atomic E-state index is 13.4. The third-order valence-corrected chi connectivity index (χ3v) is 7.30. The van der Waals surface area contributed by atoms with Crippen LogP contribution in [-0.4, -0.2) is 63.9 Å². The van der Waals surface area contributed by atoms with Crippen molar-refractivity contribution in [3.05, 3.63) is 84.3 Å². The summed E-state index contributed by atoms with van der Waals surface area (Å²) >= 11 is 1.22. The number of nitrogens with zero attached hydrogens (tertiary/aromatic N) is 3. The summed E-state index contributed by atoms with van der Waals surface area (Å²) in [6, 6.07) is 12.6. The van der Waals surface area contributed by atoms with Gasteiger partial charge in [0.15, 0.2) is 0 Å². The molecule has 1 atom stereocenters. The van der Waals surface area contributed by atoms with Gasteiger partial charge in [-0.15, -0.1) is 13.2 Å². The number of benzene rings is 2. The predicted octanol–water partition coefficient (Wildman–Crippen LogP) is 4.49. The van der Waals surface area contributed by atoms with Crippen LogP contribution in [0.2, 0.25) is 0 Å². The highest BCUT2D eigenvalue weighted by molar-refractivity contribution is 7.97. The first kappa shape index (κ1) is 31.6. The Bertz CT molecular complexity index is 1280. The zero-order chi connectivity index (χ0) is 30.2. The maximum atomic E-state index is 13.4. The molecule has 2 aromatic rings. The summed E-state index contributed by atoms with van der Waals surface area (Å²) in [5, 5.41) is 12.1. The maximum Gasteiger partial charge on any atom is 0.573 e. The Labute approximate surface area is 240 Å². The molecule has 0 aliphatic carbocycles. The van der Waals surface area contributed by atoms with E-state index in [2.05, 4.69) is 35.5 Å². The fraction of sp³-hybridized carbons (Fsp3) is 0.321. The standard InChI is InChI=1S/C28H32F3N5O4S/c1-4-23(27(38)39)33-16-25(32)35-13-14-36(41-22-11-9-21(10-12-22)40-28(29,30)31)24(17-35)26(37)34-15-19-5-7-20(8-6-19)18(2)3/h4-12,16,18,24H,1,13-15,17,32H2,2-3H3,(H,34,37)(H,38,39)/b25-16+,33-23?/t24-/m1/s1. The zero-order valence-corrected chi connectivity index (χ0v) is 23.4. The lowest BCUT2D eigenvalue weighted by Gasteiger charge is -2.40. The number of carbonyl (C=O) groups excluding carboxylic acids is 1. The second-order valence-corrected chi connectivity index (χ2v) is 10.5. The van der Waals surface area contributed by atoms with E-state index < -0.39 is 18.4 Å². The van der Waals surface area contributed by atoms with E-state index in [0.29, 0.717) is 30.4 Å². The second kappa shape index (κ2) is 14.1. The van der Waals surface area contributed by atoms with E-state index >= 15 is 0 Å². The van der Waals surface area contributed by atoms with Gasteiger partial charge in [-0.3, -0.25) is 4.79 Å². The summed E-state index contributed by atoms with van der Waals surface area (Å²) < 4.78 is 43.3. The SMILES string of the molecule is C=CC(=N/C=C(\N)N1CCN(Sc2ccc(OC(F)(F)F)cc2)[C@@H](C(=O)NCc2ccc(C(C)C)cc2)C1)C(=O)O. The predicted molar refractivity (Wildman–Crippen MR) is 151 cm³/mol. The number of piperazine rings is 1. The smallest absolute Gasteiger partial charge is 0.477 e. The van der Waals surface area contributed by atoms with Crippen LogP contribution in [0.1, 0.15) is 30.9 Å². The molecule has 2 aromatic carbocycles. The number of carboxylic acids is 1. The number of ether oxygens (including phenoxy) is 1. The monoisotopic (exact) mass is 591 g/mol. The summed E-state index contributed by atoms with van der Waals surface area (Å²) in [7, 11) is 0. The van der Waals surface area contributed by atoms with Crippen molar-refractivity contribution >= 4 is 29.5 Å². The third-order valence-electron chi connectivity index (χ3n) is 6.14. The van der Waals surface area contributed by atoms with Crippen LogP contribution in [0.4, 0.5) is 13.2 Å². The van der Waals surface area contributed by atoms with Crippen molar-refractivity contribution in [2.24, 2.45) is 10.7 Å². The van der Waals surface area contributed by atoms with Crippen LogP contribution in [0.3, 0.4) is 0 Å². The molecule has 0 saturated carbocycles. The first-order chi connectivity index (χ1) is 19.4. The second-order valence-electron chi connectivity index (χ2n) is 9.40. The van der Waals surface area contributed by atoms with E-state index in [1.807, 2.05) is 28.6 Å². The van der Waals surface area contributed by atoms with Gasteiger partial charge < -0.3 is 25.8 Å². The number of amides is 1. The molecule has 9 nitrogen and oxygen atoms in total. The van der Waals surface area contributed by atoms with Crippen LogP contribution in [0, 0.1) is 0 Å². The topological polar surface area (TPSA) is 120 Å². The molecule has 13 heteroatoms. The Balaban J connectivity index is 1.77. The first-order valence-electron chi connectivity index (χ1n) is 12.7. The summed E-state index contributed by atoms with van der Waals surface area (Å²) in [6.45, 7) is 8.82. The Morgan fingerprint density at radius 3 is 2.41 bits per heavy atom. The highest BCUT2D eigenvalue weighted by Crippen LogP contribution is 2.31. The molecule has 0 radical (unpaired) electrons. The van der Waals surface area contributed by atoms with Gasteiger partial charge >= 0.3 is 12.3 Å². The quantitative estimate of drug-likeness (QED) is 0.258. The van der Waals surface area contributed by atoms with Crippen molar-refractivity contribution in [2.75, 3.05) is 19.6 Å². The van der Waals surface area contributed by atoms with Crippen molar-refractivity contribution in [3.63, 3.8) is 0 Å². The lowest BCUT2D eigenvalue weighted by atomic mass is 10.0. The third kappa shape index (κ3) is 9.57. The van der Waals surface area contributed by atoms with E-state index in [1.54, 1.807) is 4.90 Å². The van der Waals surface area contributed by atoms with E-state index in [0.717, 1.165) is 11.6 Å². The number of aliphatic imine (C=N–C) groups is 1. The molecule has 0 spiro atoms. The molecule has 4 N–H and O–H groups in total. The highest BCUT2D eigenvalue weighted by atomic mass is 32.2. The van der Waals surface area contributed by atoms with E-state index in [9.17, 15) is 22.8 Å². The zero-order valence-electron chi connectivity index (χ0n) is 22.6. The number of halogens is 3. The highest BCUT2D eigenvalue weighted by Gasteiger charge is 2.34. The number of hydrogen-bond donors (Lipinski definition) is 3. The lowest BCUT2D eigenvalue weighted by molar-refractivity contribution is -0.274. The lowest BCUT2D eigenvalue weighted by Crippen LogP contribution is -2.56. The van der Waals surface area contributed by atoms with Gasteiger partial charge in [0.2, 0.25) is 5.91 Å². The molecule has 0 bridgehead atoms. The molecule has 1 amide bonds. The Hall–Kier alpha value is -3.97. The molecule has 41 heavy (non-hydrogen) atoms. The molecule has 0 unspecified atom stereocenters. The number of nitrogens with one attached hydrogen (secondary N) is 1. The number of aliphatic carboxylic acids is 1. The molecule has 1 aliphatic rings. The van der Waals surface area contributed by atoms with Crippen LogP contribution < -0.4 is 15.8 Å². The summed E-state index contributed by atoms with van der Waals surface area (Å²) in [4.78, 5) is 30.8. The van der Waals surface area contributed by atoms with Crippen LogP contribution >= 0.6 is 11.9 Å². The van der Waals surface area contributed by atoms with Crippen molar-refractivity contribution in [2.45, 2.75) is 43.6 Å². The molecule has 3 rings (SSSR count). The van der Waals surface area contributed by atoms with Crippen LogP contribution in [-0.2, 0) is 16.1 Å². The van der Waals surface area contributed by atoms with Crippen LogP contribution in [0.5, 0.6) is 5.75 Å². The van der Waals surface area contributed by atoms with Gasteiger partial charge in [-0.1, -0.05) is 44.7 Å².